The highest BCUT2D eigenvalue weighted by Crippen LogP contribution is 2.09. The van der Waals surface area contributed by atoms with Gasteiger partial charge in [0.1, 0.15) is 5.82 Å². The van der Waals surface area contributed by atoms with E-state index < -0.39 is 10.0 Å². The van der Waals surface area contributed by atoms with Crippen molar-refractivity contribution in [1.82, 2.24) is 4.98 Å². The molecule has 0 unspecified atom stereocenters. The van der Waals surface area contributed by atoms with Crippen LogP contribution in [-0.2, 0) is 16.4 Å². The van der Waals surface area contributed by atoms with Crippen LogP contribution in [0.5, 0.6) is 0 Å². The van der Waals surface area contributed by atoms with E-state index in [1.54, 1.807) is 18.3 Å². The van der Waals surface area contributed by atoms with Crippen molar-refractivity contribution >= 4 is 15.8 Å². The highest BCUT2D eigenvalue weighted by Gasteiger charge is 2.06. The van der Waals surface area contributed by atoms with Crippen molar-refractivity contribution in [3.8, 4) is 0 Å². The van der Waals surface area contributed by atoms with Gasteiger partial charge in [-0.15, -0.1) is 0 Å². The van der Waals surface area contributed by atoms with Gasteiger partial charge in [0, 0.05) is 12.7 Å². The second-order valence-corrected chi connectivity index (χ2v) is 5.64. The number of pyridine rings is 1. The summed E-state index contributed by atoms with van der Waals surface area (Å²) in [6.07, 6.45) is 2.50. The van der Waals surface area contributed by atoms with Gasteiger partial charge >= 0.3 is 0 Å². The van der Waals surface area contributed by atoms with Crippen LogP contribution in [0.2, 0.25) is 0 Å². The zero-order chi connectivity index (χ0) is 13.7. The van der Waals surface area contributed by atoms with E-state index in [-0.39, 0.29) is 4.90 Å². The van der Waals surface area contributed by atoms with E-state index in [0.717, 1.165) is 24.3 Å². The number of rotatable bonds is 5. The Labute approximate surface area is 112 Å². The molecule has 3 N–H and O–H groups in total. The molecule has 0 saturated carbocycles. The minimum Gasteiger partial charge on any atom is -0.370 e. The minimum absolute atomic E-state index is 0.133. The summed E-state index contributed by atoms with van der Waals surface area (Å²) in [5.41, 5.74) is 1.04. The molecule has 2 aromatic rings. The summed E-state index contributed by atoms with van der Waals surface area (Å²) >= 11 is 0. The molecule has 0 aliphatic rings. The van der Waals surface area contributed by atoms with Crippen molar-refractivity contribution in [3.05, 3.63) is 54.2 Å². The maximum Gasteiger partial charge on any atom is 0.238 e. The molecule has 0 bridgehead atoms. The summed E-state index contributed by atoms with van der Waals surface area (Å²) in [7, 11) is -3.61. The third-order valence-corrected chi connectivity index (χ3v) is 3.57. The predicted molar refractivity (Wildman–Crippen MR) is 74.2 cm³/mol. The molecule has 0 aliphatic carbocycles. The van der Waals surface area contributed by atoms with Crippen molar-refractivity contribution in [3.63, 3.8) is 0 Å². The normalized spacial score (nSPS) is 11.2. The minimum atomic E-state index is -3.61. The molecule has 1 aromatic carbocycles. The second-order valence-electron chi connectivity index (χ2n) is 4.08. The monoisotopic (exact) mass is 277 g/mol. The Morgan fingerprint density at radius 2 is 1.84 bits per heavy atom. The van der Waals surface area contributed by atoms with Crippen molar-refractivity contribution in [2.45, 2.75) is 11.3 Å². The molecule has 19 heavy (non-hydrogen) atoms. The lowest BCUT2D eigenvalue weighted by molar-refractivity contribution is 0.598. The predicted octanol–water partition coefficient (Wildman–Crippen LogP) is 1.38. The first-order valence-corrected chi connectivity index (χ1v) is 7.37. The molecule has 6 heteroatoms. The standard InChI is InChI=1S/C13H15N3O2S/c14-19(17,18)12-6-4-11(5-7-12)8-10-16-13-3-1-2-9-15-13/h1-7,9H,8,10H2,(H,15,16)(H2,14,17,18). The molecule has 1 heterocycles. The lowest BCUT2D eigenvalue weighted by Gasteiger charge is -2.05. The van der Waals surface area contributed by atoms with Crippen LogP contribution in [0.4, 0.5) is 5.82 Å². The zero-order valence-electron chi connectivity index (χ0n) is 10.3. The smallest absolute Gasteiger partial charge is 0.238 e. The van der Waals surface area contributed by atoms with Gasteiger partial charge in [-0.05, 0) is 36.2 Å². The largest absolute Gasteiger partial charge is 0.370 e. The van der Waals surface area contributed by atoms with Crippen LogP contribution in [0.25, 0.3) is 0 Å². The molecule has 0 spiro atoms. The number of hydrogen-bond acceptors (Lipinski definition) is 4. The molecule has 0 radical (unpaired) electrons. The topological polar surface area (TPSA) is 85.1 Å². The molecule has 0 fully saturated rings. The number of sulfonamides is 1. The fourth-order valence-corrected chi connectivity index (χ4v) is 2.16. The van der Waals surface area contributed by atoms with Crippen molar-refractivity contribution in [1.29, 1.82) is 0 Å². The molecule has 5 nitrogen and oxygen atoms in total. The maximum atomic E-state index is 11.1. The van der Waals surface area contributed by atoms with E-state index in [0.29, 0.717) is 0 Å². The lowest BCUT2D eigenvalue weighted by Crippen LogP contribution is -2.12. The molecular formula is C13H15N3O2S. The SMILES string of the molecule is NS(=O)(=O)c1ccc(CCNc2ccccn2)cc1. The summed E-state index contributed by atoms with van der Waals surface area (Å²) in [5, 5.41) is 8.22. The molecule has 0 aliphatic heterocycles. The van der Waals surface area contributed by atoms with Crippen LogP contribution in [-0.4, -0.2) is 19.9 Å². The van der Waals surface area contributed by atoms with E-state index in [4.69, 9.17) is 5.14 Å². The van der Waals surface area contributed by atoms with Gasteiger partial charge in [0.05, 0.1) is 4.90 Å². The fraction of sp³-hybridized carbons (Fsp3) is 0.154. The van der Waals surface area contributed by atoms with Crippen LogP contribution < -0.4 is 10.5 Å². The lowest BCUT2D eigenvalue weighted by atomic mass is 10.1. The quantitative estimate of drug-likeness (QED) is 0.864. The Kier molecular flexibility index (Phi) is 4.13. The highest BCUT2D eigenvalue weighted by atomic mass is 32.2. The average Bonchev–Trinajstić information content (AvgIpc) is 2.39. The number of hydrogen-bond donors (Lipinski definition) is 2. The van der Waals surface area contributed by atoms with Gasteiger partial charge in [-0.2, -0.15) is 0 Å². The van der Waals surface area contributed by atoms with Gasteiger partial charge in [0.15, 0.2) is 0 Å². The van der Waals surface area contributed by atoms with E-state index in [9.17, 15) is 8.42 Å². The van der Waals surface area contributed by atoms with Crippen LogP contribution >= 0.6 is 0 Å². The summed E-state index contributed by atoms with van der Waals surface area (Å²) in [4.78, 5) is 4.28. The van der Waals surface area contributed by atoms with E-state index in [2.05, 4.69) is 10.3 Å². The number of nitrogens with one attached hydrogen (secondary N) is 1. The van der Waals surface area contributed by atoms with E-state index >= 15 is 0 Å². The molecule has 0 atom stereocenters. The van der Waals surface area contributed by atoms with Gasteiger partial charge in [0.2, 0.25) is 10.0 Å². The Balaban J connectivity index is 1.90. The second kappa shape index (κ2) is 5.81. The van der Waals surface area contributed by atoms with Crippen LogP contribution in [0.15, 0.2) is 53.6 Å². The Morgan fingerprint density at radius 3 is 2.42 bits per heavy atom. The van der Waals surface area contributed by atoms with Crippen LogP contribution in [0, 0.1) is 0 Å². The number of benzene rings is 1. The molecule has 0 amide bonds. The number of anilines is 1. The molecule has 0 saturated heterocycles. The fourth-order valence-electron chi connectivity index (χ4n) is 1.65. The van der Waals surface area contributed by atoms with Crippen molar-refractivity contribution < 1.29 is 8.42 Å². The molecule has 2 rings (SSSR count). The van der Waals surface area contributed by atoms with Gasteiger partial charge < -0.3 is 5.32 Å². The Morgan fingerprint density at radius 1 is 1.11 bits per heavy atom. The first-order chi connectivity index (χ1) is 9.05. The Bertz CT molecular complexity index is 625. The van der Waals surface area contributed by atoms with Gasteiger partial charge in [-0.25, -0.2) is 18.5 Å². The summed E-state index contributed by atoms with van der Waals surface area (Å²) < 4.78 is 22.2. The van der Waals surface area contributed by atoms with E-state index in [1.165, 1.54) is 12.1 Å². The zero-order valence-corrected chi connectivity index (χ0v) is 11.1. The highest BCUT2D eigenvalue weighted by molar-refractivity contribution is 7.89. The number of nitrogens with zero attached hydrogens (tertiary/aromatic N) is 1. The number of nitrogens with two attached hydrogens (primary N) is 1. The third-order valence-electron chi connectivity index (χ3n) is 2.64. The third kappa shape index (κ3) is 4.04. The number of aromatic nitrogens is 1. The first kappa shape index (κ1) is 13.5. The van der Waals surface area contributed by atoms with Gasteiger partial charge in [-0.1, -0.05) is 18.2 Å². The number of primary sulfonamides is 1. The summed E-state index contributed by atoms with van der Waals surface area (Å²) in [6.45, 7) is 0.728. The molecule has 1 aromatic heterocycles. The maximum absolute atomic E-state index is 11.1. The Hall–Kier alpha value is -1.92. The first-order valence-electron chi connectivity index (χ1n) is 5.82. The summed E-state index contributed by atoms with van der Waals surface area (Å²) in [6, 6.07) is 12.2. The molecular weight excluding hydrogens is 262 g/mol. The van der Waals surface area contributed by atoms with Crippen LogP contribution in [0.3, 0.4) is 0 Å². The van der Waals surface area contributed by atoms with Gasteiger partial charge in [0.25, 0.3) is 0 Å². The van der Waals surface area contributed by atoms with Crippen molar-refractivity contribution in [2.75, 3.05) is 11.9 Å². The van der Waals surface area contributed by atoms with Crippen LogP contribution in [0.1, 0.15) is 5.56 Å². The van der Waals surface area contributed by atoms with E-state index in [1.807, 2.05) is 18.2 Å². The van der Waals surface area contributed by atoms with Crippen molar-refractivity contribution in [2.24, 2.45) is 5.14 Å². The molecule has 100 valence electrons. The summed E-state index contributed by atoms with van der Waals surface area (Å²) in [5.74, 6) is 0.823. The average molecular weight is 277 g/mol. The van der Waals surface area contributed by atoms with Gasteiger partial charge in [-0.3, -0.25) is 0 Å².